The minimum atomic E-state index is -0.489. The van der Waals surface area contributed by atoms with Crippen LogP contribution < -0.4 is 10.9 Å². The maximum atomic E-state index is 12.5. The zero-order valence-corrected chi connectivity index (χ0v) is 15.4. The van der Waals surface area contributed by atoms with Crippen molar-refractivity contribution < 1.29 is 9.59 Å². The molecule has 0 saturated carbocycles. The van der Waals surface area contributed by atoms with Gasteiger partial charge in [-0.25, -0.2) is 4.98 Å². The molecular weight excluding hydrogens is 344 g/mol. The lowest BCUT2D eigenvalue weighted by Gasteiger charge is -2.11. The smallest absolute Gasteiger partial charge is 0.270 e. The normalized spacial score (nSPS) is 10.6. The number of nitrogens with zero attached hydrogens (tertiary/aromatic N) is 3. The van der Waals surface area contributed by atoms with Crippen molar-refractivity contribution in [1.82, 2.24) is 19.6 Å². The maximum Gasteiger partial charge on any atom is 0.270 e. The Kier molecular flexibility index (Phi) is 5.03. The second kappa shape index (κ2) is 7.41. The van der Waals surface area contributed by atoms with E-state index in [9.17, 15) is 14.4 Å². The zero-order valence-electron chi connectivity index (χ0n) is 15.4. The molecule has 2 heterocycles. The van der Waals surface area contributed by atoms with E-state index in [0.717, 1.165) is 11.1 Å². The Bertz CT molecular complexity index is 1070. The summed E-state index contributed by atoms with van der Waals surface area (Å²) in [6, 6.07) is 10.5. The lowest BCUT2D eigenvalue weighted by Crippen LogP contribution is -2.31. The molecule has 0 bridgehead atoms. The fourth-order valence-corrected chi connectivity index (χ4v) is 2.64. The van der Waals surface area contributed by atoms with Gasteiger partial charge in [0.05, 0.1) is 0 Å². The highest BCUT2D eigenvalue weighted by atomic mass is 16.2. The van der Waals surface area contributed by atoms with E-state index < -0.39 is 11.5 Å². The van der Waals surface area contributed by atoms with E-state index in [4.69, 9.17) is 0 Å². The van der Waals surface area contributed by atoms with Gasteiger partial charge in [-0.05, 0) is 36.2 Å². The van der Waals surface area contributed by atoms with Crippen LogP contribution in [0.25, 0.3) is 5.65 Å². The van der Waals surface area contributed by atoms with Gasteiger partial charge in [-0.15, -0.1) is 0 Å². The maximum absolute atomic E-state index is 12.5. The molecule has 0 aliphatic heterocycles. The van der Waals surface area contributed by atoms with Crippen LogP contribution in [-0.2, 0) is 6.54 Å². The van der Waals surface area contributed by atoms with Crippen molar-refractivity contribution >= 4 is 17.5 Å². The number of hydrogen-bond donors (Lipinski definition) is 1. The van der Waals surface area contributed by atoms with Gasteiger partial charge >= 0.3 is 0 Å². The first kappa shape index (κ1) is 18.3. The third kappa shape index (κ3) is 3.87. The number of pyridine rings is 1. The molecule has 7 nitrogen and oxygen atoms in total. The molecule has 0 saturated heterocycles. The monoisotopic (exact) mass is 364 g/mol. The summed E-state index contributed by atoms with van der Waals surface area (Å²) in [6.45, 7) is 2.11. The number of carbonyl (C=O) groups excluding carboxylic acids is 2. The van der Waals surface area contributed by atoms with Crippen molar-refractivity contribution in [3.05, 3.63) is 81.4 Å². The molecule has 138 valence electrons. The van der Waals surface area contributed by atoms with Crippen molar-refractivity contribution in [2.75, 3.05) is 14.1 Å². The van der Waals surface area contributed by atoms with Gasteiger partial charge in [0.1, 0.15) is 11.2 Å². The minimum absolute atomic E-state index is 0.0162. The summed E-state index contributed by atoms with van der Waals surface area (Å²) in [7, 11) is 3.38. The summed E-state index contributed by atoms with van der Waals surface area (Å²) in [5.74, 6) is -0.576. The molecule has 0 fully saturated rings. The van der Waals surface area contributed by atoms with Gasteiger partial charge < -0.3 is 10.2 Å². The lowest BCUT2D eigenvalue weighted by molar-refractivity contribution is 0.0827. The molecule has 0 radical (unpaired) electrons. The van der Waals surface area contributed by atoms with Gasteiger partial charge in [0, 0.05) is 38.6 Å². The molecular formula is C20H20N4O3. The zero-order chi connectivity index (χ0) is 19.6. The van der Waals surface area contributed by atoms with E-state index in [-0.39, 0.29) is 18.0 Å². The van der Waals surface area contributed by atoms with Crippen LogP contribution in [0.15, 0.2) is 53.6 Å². The number of nitrogens with one attached hydrogen (secondary N) is 1. The Morgan fingerprint density at radius 2 is 1.81 bits per heavy atom. The molecule has 1 N–H and O–H groups in total. The van der Waals surface area contributed by atoms with E-state index in [2.05, 4.69) is 10.3 Å². The summed E-state index contributed by atoms with van der Waals surface area (Å²) in [4.78, 5) is 42.5. The number of benzene rings is 1. The van der Waals surface area contributed by atoms with Gasteiger partial charge in [0.25, 0.3) is 17.4 Å². The molecule has 0 aliphatic rings. The Morgan fingerprint density at radius 1 is 1.11 bits per heavy atom. The Hall–Kier alpha value is -3.48. The molecule has 0 spiro atoms. The van der Waals surface area contributed by atoms with Gasteiger partial charge in [0.2, 0.25) is 0 Å². The highest BCUT2D eigenvalue weighted by molar-refractivity contribution is 5.94. The summed E-state index contributed by atoms with van der Waals surface area (Å²) in [5, 5.41) is 2.72. The number of carbonyl (C=O) groups is 2. The Labute approximate surface area is 156 Å². The molecule has 2 aromatic heterocycles. The van der Waals surface area contributed by atoms with Gasteiger partial charge in [-0.1, -0.05) is 18.2 Å². The molecule has 27 heavy (non-hydrogen) atoms. The number of amides is 2. The van der Waals surface area contributed by atoms with E-state index in [1.54, 1.807) is 50.6 Å². The SMILES string of the molecule is Cc1ccc2ncc(C(=O)NCc3ccc(C(=O)N(C)C)cc3)c(=O)n2c1. The Balaban J connectivity index is 1.74. The number of rotatable bonds is 4. The van der Waals surface area contributed by atoms with Crippen LogP contribution in [0.5, 0.6) is 0 Å². The van der Waals surface area contributed by atoms with Crippen molar-refractivity contribution in [3.8, 4) is 0 Å². The van der Waals surface area contributed by atoms with E-state index in [0.29, 0.717) is 11.2 Å². The number of aryl methyl sites for hydroxylation is 1. The van der Waals surface area contributed by atoms with Crippen LogP contribution in [0.3, 0.4) is 0 Å². The van der Waals surface area contributed by atoms with Gasteiger partial charge in [0.15, 0.2) is 0 Å². The highest BCUT2D eigenvalue weighted by Crippen LogP contribution is 2.07. The minimum Gasteiger partial charge on any atom is -0.348 e. The molecule has 7 heteroatoms. The van der Waals surface area contributed by atoms with Crippen molar-refractivity contribution in [2.45, 2.75) is 13.5 Å². The van der Waals surface area contributed by atoms with Crippen LogP contribution in [0, 0.1) is 6.92 Å². The third-order valence-corrected chi connectivity index (χ3v) is 4.15. The van der Waals surface area contributed by atoms with Crippen LogP contribution in [0.1, 0.15) is 31.8 Å². The summed E-state index contributed by atoms with van der Waals surface area (Å²) in [6.07, 6.45) is 2.95. The fraction of sp³-hybridized carbons (Fsp3) is 0.200. The molecule has 3 rings (SSSR count). The first-order valence-corrected chi connectivity index (χ1v) is 8.43. The molecule has 0 unspecified atom stereocenters. The van der Waals surface area contributed by atoms with Crippen molar-refractivity contribution in [1.29, 1.82) is 0 Å². The summed E-state index contributed by atoms with van der Waals surface area (Å²) in [5.41, 5.74) is 2.36. The van der Waals surface area contributed by atoms with E-state index in [1.807, 2.05) is 13.0 Å². The number of hydrogen-bond acceptors (Lipinski definition) is 4. The average molecular weight is 364 g/mol. The number of aromatic nitrogens is 2. The third-order valence-electron chi connectivity index (χ3n) is 4.15. The molecule has 3 aromatic rings. The standard InChI is InChI=1S/C20H20N4O3/c1-13-4-9-17-21-11-16(20(27)24(17)12-13)18(25)22-10-14-5-7-15(8-6-14)19(26)23(2)3/h4-9,11-12H,10H2,1-3H3,(H,22,25). The second-order valence-corrected chi connectivity index (χ2v) is 6.49. The lowest BCUT2D eigenvalue weighted by atomic mass is 10.1. The van der Waals surface area contributed by atoms with Crippen molar-refractivity contribution in [2.24, 2.45) is 0 Å². The van der Waals surface area contributed by atoms with Crippen molar-refractivity contribution in [3.63, 3.8) is 0 Å². The van der Waals surface area contributed by atoms with Crippen LogP contribution in [-0.4, -0.2) is 40.2 Å². The largest absolute Gasteiger partial charge is 0.348 e. The van der Waals surface area contributed by atoms with E-state index >= 15 is 0 Å². The van der Waals surface area contributed by atoms with Crippen LogP contribution >= 0.6 is 0 Å². The predicted molar refractivity (Wildman–Crippen MR) is 102 cm³/mol. The first-order valence-electron chi connectivity index (χ1n) is 8.43. The second-order valence-electron chi connectivity index (χ2n) is 6.49. The molecule has 2 amide bonds. The fourth-order valence-electron chi connectivity index (χ4n) is 2.64. The number of fused-ring (bicyclic) bond motifs is 1. The molecule has 0 aliphatic carbocycles. The van der Waals surface area contributed by atoms with Crippen LogP contribution in [0.4, 0.5) is 0 Å². The van der Waals surface area contributed by atoms with Gasteiger partial charge in [-0.2, -0.15) is 0 Å². The van der Waals surface area contributed by atoms with Crippen LogP contribution in [0.2, 0.25) is 0 Å². The quantitative estimate of drug-likeness (QED) is 0.763. The first-order chi connectivity index (χ1) is 12.9. The summed E-state index contributed by atoms with van der Waals surface area (Å²) < 4.78 is 1.37. The Morgan fingerprint density at radius 3 is 2.48 bits per heavy atom. The van der Waals surface area contributed by atoms with E-state index in [1.165, 1.54) is 15.5 Å². The molecule has 0 atom stereocenters. The topological polar surface area (TPSA) is 83.8 Å². The van der Waals surface area contributed by atoms with Gasteiger partial charge in [-0.3, -0.25) is 18.8 Å². The average Bonchev–Trinajstić information content (AvgIpc) is 2.66. The summed E-state index contributed by atoms with van der Waals surface area (Å²) >= 11 is 0. The predicted octanol–water partition coefficient (Wildman–Crippen LogP) is 1.63. The molecule has 1 aromatic carbocycles. The highest BCUT2D eigenvalue weighted by Gasteiger charge is 2.13.